The number of rotatable bonds is 4. The number of carbonyl (C=O) groups excluding carboxylic acids is 1. The van der Waals surface area contributed by atoms with Gasteiger partial charge in [-0.2, -0.15) is 0 Å². The molecule has 0 saturated carbocycles. The maximum absolute atomic E-state index is 11.9. The molecule has 0 aromatic carbocycles. The third-order valence-corrected chi connectivity index (χ3v) is 3.52. The summed E-state index contributed by atoms with van der Waals surface area (Å²) in [5.74, 6) is -1.45. The summed E-state index contributed by atoms with van der Waals surface area (Å²) in [7, 11) is 0. The average molecular weight is 294 g/mol. The zero-order chi connectivity index (χ0) is 15.6. The number of hydrogen-bond acceptors (Lipinski definition) is 4. The average Bonchev–Trinajstić information content (AvgIpc) is 2.86. The van der Waals surface area contributed by atoms with E-state index in [2.05, 4.69) is 10.3 Å². The van der Waals surface area contributed by atoms with Crippen molar-refractivity contribution in [3.63, 3.8) is 0 Å². The molecule has 1 aliphatic heterocycles. The molecule has 2 heterocycles. The number of carboxylic acids is 1. The third-order valence-electron chi connectivity index (χ3n) is 3.52. The van der Waals surface area contributed by atoms with Crippen LogP contribution in [0, 0.1) is 13.8 Å². The molecule has 1 fully saturated rings. The van der Waals surface area contributed by atoms with E-state index in [0.29, 0.717) is 18.4 Å². The van der Waals surface area contributed by atoms with E-state index in [0.717, 1.165) is 11.3 Å². The highest BCUT2D eigenvalue weighted by Gasteiger charge is 2.34. The van der Waals surface area contributed by atoms with E-state index in [-0.39, 0.29) is 12.1 Å². The van der Waals surface area contributed by atoms with Crippen molar-refractivity contribution in [1.82, 2.24) is 10.3 Å². The first kappa shape index (κ1) is 15.2. The number of aliphatic carboxylic acids is 1. The Labute approximate surface area is 121 Å². The van der Waals surface area contributed by atoms with Crippen molar-refractivity contribution in [3.05, 3.63) is 33.2 Å². The molecule has 1 amide bonds. The molecule has 0 radical (unpaired) electrons. The van der Waals surface area contributed by atoms with E-state index in [1.54, 1.807) is 13.8 Å². The molecular formula is C14H18N2O5. The summed E-state index contributed by atoms with van der Waals surface area (Å²) >= 11 is 0. The van der Waals surface area contributed by atoms with E-state index in [4.69, 9.17) is 9.84 Å². The normalized spacial score (nSPS) is 21.2. The fraction of sp³-hybridized carbons (Fsp3) is 0.500. The summed E-state index contributed by atoms with van der Waals surface area (Å²) in [5, 5.41) is 11.4. The number of H-pyrrole nitrogens is 1. The molecule has 7 heteroatoms. The molecule has 7 nitrogen and oxygen atoms in total. The number of nitrogens with one attached hydrogen (secondary N) is 2. The van der Waals surface area contributed by atoms with Crippen LogP contribution in [0.2, 0.25) is 0 Å². The summed E-state index contributed by atoms with van der Waals surface area (Å²) in [5.41, 5.74) is 1.81. The van der Waals surface area contributed by atoms with Crippen molar-refractivity contribution in [1.29, 1.82) is 0 Å². The number of carbonyl (C=O) groups is 2. The summed E-state index contributed by atoms with van der Waals surface area (Å²) in [6, 6.07) is 1.83. The number of ether oxygens (including phenoxy) is 1. The van der Waals surface area contributed by atoms with Crippen LogP contribution < -0.4 is 10.9 Å². The Kier molecular flexibility index (Phi) is 4.42. The molecule has 0 unspecified atom stereocenters. The Morgan fingerprint density at radius 3 is 2.62 bits per heavy atom. The van der Waals surface area contributed by atoms with Gasteiger partial charge < -0.3 is 20.1 Å². The van der Waals surface area contributed by atoms with Crippen molar-refractivity contribution in [3.8, 4) is 0 Å². The molecule has 2 rings (SSSR count). The SMILES string of the molecule is Cc1cc(C)c(CNC(=O)[C@@H]2CC[C@H](C(=O)O)O2)c(=O)[nH]1. The molecule has 3 N–H and O–H groups in total. The second-order valence-corrected chi connectivity index (χ2v) is 5.19. The lowest BCUT2D eigenvalue weighted by molar-refractivity contribution is -0.151. The minimum atomic E-state index is -1.06. The lowest BCUT2D eigenvalue weighted by Gasteiger charge is -2.12. The summed E-state index contributed by atoms with van der Waals surface area (Å²) in [4.78, 5) is 37.2. The molecule has 0 bridgehead atoms. The second-order valence-electron chi connectivity index (χ2n) is 5.19. The molecule has 1 saturated heterocycles. The number of carboxylic acid groups (broad SMARTS) is 1. The quantitative estimate of drug-likeness (QED) is 0.737. The molecular weight excluding hydrogens is 276 g/mol. The van der Waals surface area contributed by atoms with Gasteiger partial charge in [0, 0.05) is 17.8 Å². The van der Waals surface area contributed by atoms with Crippen LogP contribution in [0.3, 0.4) is 0 Å². The van der Waals surface area contributed by atoms with Crippen molar-refractivity contribution >= 4 is 11.9 Å². The number of amides is 1. The van der Waals surface area contributed by atoms with Gasteiger partial charge in [-0.3, -0.25) is 9.59 Å². The zero-order valence-corrected chi connectivity index (χ0v) is 11.9. The molecule has 1 aromatic rings. The molecule has 114 valence electrons. The van der Waals surface area contributed by atoms with Crippen LogP contribution in [0.15, 0.2) is 10.9 Å². The Morgan fingerprint density at radius 1 is 1.38 bits per heavy atom. The third kappa shape index (κ3) is 3.49. The van der Waals surface area contributed by atoms with E-state index in [9.17, 15) is 14.4 Å². The van der Waals surface area contributed by atoms with Crippen molar-refractivity contribution < 1.29 is 19.4 Å². The topological polar surface area (TPSA) is 108 Å². The molecule has 0 spiro atoms. The Balaban J connectivity index is 1.97. The maximum atomic E-state index is 11.9. The lowest BCUT2D eigenvalue weighted by Crippen LogP contribution is -2.36. The predicted molar refractivity (Wildman–Crippen MR) is 73.9 cm³/mol. The predicted octanol–water partition coefficient (Wildman–Crippen LogP) is 0.240. The van der Waals surface area contributed by atoms with Gasteiger partial charge in [-0.25, -0.2) is 4.79 Å². The van der Waals surface area contributed by atoms with Gasteiger partial charge in [0.05, 0.1) is 0 Å². The van der Waals surface area contributed by atoms with Crippen molar-refractivity contribution in [2.75, 3.05) is 0 Å². The lowest BCUT2D eigenvalue weighted by atomic mass is 10.1. The smallest absolute Gasteiger partial charge is 0.332 e. The maximum Gasteiger partial charge on any atom is 0.332 e. The first-order valence-electron chi connectivity index (χ1n) is 6.74. The first-order chi connectivity index (χ1) is 9.88. The van der Waals surface area contributed by atoms with Gasteiger partial charge in [0.2, 0.25) is 5.91 Å². The zero-order valence-electron chi connectivity index (χ0n) is 11.9. The van der Waals surface area contributed by atoms with E-state index in [1.807, 2.05) is 6.07 Å². The van der Waals surface area contributed by atoms with Gasteiger partial charge in [-0.05, 0) is 38.3 Å². The number of aromatic amines is 1. The summed E-state index contributed by atoms with van der Waals surface area (Å²) in [6.45, 7) is 3.68. The van der Waals surface area contributed by atoms with E-state index in [1.165, 1.54) is 0 Å². The molecule has 1 aromatic heterocycles. The number of aryl methyl sites for hydroxylation is 2. The van der Waals surface area contributed by atoms with Crippen LogP contribution >= 0.6 is 0 Å². The highest BCUT2D eigenvalue weighted by Crippen LogP contribution is 2.20. The van der Waals surface area contributed by atoms with Crippen LogP contribution in [0.5, 0.6) is 0 Å². The Morgan fingerprint density at radius 2 is 2.05 bits per heavy atom. The van der Waals surface area contributed by atoms with Crippen molar-refractivity contribution in [2.24, 2.45) is 0 Å². The second kappa shape index (κ2) is 6.09. The first-order valence-corrected chi connectivity index (χ1v) is 6.74. The van der Waals surface area contributed by atoms with Crippen LogP contribution in [-0.2, 0) is 20.9 Å². The minimum absolute atomic E-state index is 0.0951. The van der Waals surface area contributed by atoms with Crippen LogP contribution in [0.1, 0.15) is 29.7 Å². The molecule has 21 heavy (non-hydrogen) atoms. The van der Waals surface area contributed by atoms with Gasteiger partial charge in [0.15, 0.2) is 6.10 Å². The number of aromatic nitrogens is 1. The summed E-state index contributed by atoms with van der Waals surface area (Å²) < 4.78 is 5.16. The van der Waals surface area contributed by atoms with Gasteiger partial charge in [0.1, 0.15) is 6.10 Å². The van der Waals surface area contributed by atoms with Gasteiger partial charge in [-0.15, -0.1) is 0 Å². The van der Waals surface area contributed by atoms with Gasteiger partial charge >= 0.3 is 5.97 Å². The Hall–Kier alpha value is -2.15. The molecule has 0 aliphatic carbocycles. The van der Waals surface area contributed by atoms with Crippen LogP contribution in [0.4, 0.5) is 0 Å². The van der Waals surface area contributed by atoms with E-state index < -0.39 is 24.1 Å². The van der Waals surface area contributed by atoms with Gasteiger partial charge in [-0.1, -0.05) is 0 Å². The molecule has 2 atom stereocenters. The standard InChI is InChI=1S/C14H18N2O5/c1-7-5-8(2)16-12(17)9(7)6-15-13(18)10-3-4-11(21-10)14(19)20/h5,10-11H,3-4,6H2,1-2H3,(H,15,18)(H,16,17)(H,19,20)/t10-,11+/m0/s1. The largest absolute Gasteiger partial charge is 0.479 e. The Bertz CT molecular complexity index is 622. The molecule has 1 aliphatic rings. The number of pyridine rings is 1. The summed E-state index contributed by atoms with van der Waals surface area (Å²) in [6.07, 6.45) is -1.01. The van der Waals surface area contributed by atoms with E-state index >= 15 is 0 Å². The highest BCUT2D eigenvalue weighted by atomic mass is 16.5. The fourth-order valence-electron chi connectivity index (χ4n) is 2.40. The van der Waals surface area contributed by atoms with Crippen molar-refractivity contribution in [2.45, 2.75) is 45.4 Å². The number of hydrogen-bond donors (Lipinski definition) is 3. The van der Waals surface area contributed by atoms with Gasteiger partial charge in [0.25, 0.3) is 5.56 Å². The minimum Gasteiger partial charge on any atom is -0.479 e. The fourth-order valence-corrected chi connectivity index (χ4v) is 2.40. The van der Waals surface area contributed by atoms with Crippen LogP contribution in [0.25, 0.3) is 0 Å². The highest BCUT2D eigenvalue weighted by molar-refractivity contribution is 5.82. The monoisotopic (exact) mass is 294 g/mol. The van der Waals surface area contributed by atoms with Crippen LogP contribution in [-0.4, -0.2) is 34.2 Å².